The molecule has 1 aliphatic rings. The van der Waals surface area contributed by atoms with E-state index in [0.717, 1.165) is 10.9 Å². The number of Topliss-reactive ketones (excluding diaryl/α,β-unsaturated/α-hetero) is 1. The molecule has 0 atom stereocenters. The van der Waals surface area contributed by atoms with Gasteiger partial charge in [-0.3, -0.25) is 9.78 Å². The fourth-order valence-corrected chi connectivity index (χ4v) is 2.08. The van der Waals surface area contributed by atoms with Gasteiger partial charge in [0, 0.05) is 11.6 Å². The van der Waals surface area contributed by atoms with Crippen molar-refractivity contribution in [2.24, 2.45) is 5.92 Å². The van der Waals surface area contributed by atoms with Crippen molar-refractivity contribution >= 4 is 16.7 Å². The second-order valence-corrected chi connectivity index (χ2v) is 4.38. The third kappa shape index (κ3) is 2.40. The fraction of sp³-hybridized carbons (Fsp3) is 0.125. The highest BCUT2D eigenvalue weighted by Crippen LogP contribution is 2.23. The lowest BCUT2D eigenvalue weighted by atomic mass is 10.1. The van der Waals surface area contributed by atoms with Crippen LogP contribution in [0.3, 0.4) is 0 Å². The second kappa shape index (κ2) is 5.06. The van der Waals surface area contributed by atoms with Gasteiger partial charge in [0.15, 0.2) is 5.78 Å². The van der Waals surface area contributed by atoms with E-state index in [0.29, 0.717) is 5.75 Å². The largest absolute Gasteiger partial charge is 0.484 e. The number of benzene rings is 1. The number of hydrogen-bond acceptors (Lipinski definition) is 3. The zero-order chi connectivity index (χ0) is 13.1. The number of nitrogens with zero attached hydrogens (tertiary/aromatic N) is 1. The summed E-state index contributed by atoms with van der Waals surface area (Å²) in [5, 5.41) is 1.01. The summed E-state index contributed by atoms with van der Waals surface area (Å²) < 4.78 is 5.61. The molecule has 1 aromatic carbocycles. The number of para-hydroxylation sites is 1. The van der Waals surface area contributed by atoms with E-state index < -0.39 is 0 Å². The third-order valence-electron chi connectivity index (χ3n) is 3.09. The number of pyridine rings is 1. The van der Waals surface area contributed by atoms with Crippen molar-refractivity contribution in [1.29, 1.82) is 0 Å². The fourth-order valence-electron chi connectivity index (χ4n) is 2.08. The smallest absolute Gasteiger partial charge is 0.180 e. The topological polar surface area (TPSA) is 39.2 Å². The summed E-state index contributed by atoms with van der Waals surface area (Å²) in [5.74, 6) is 0.554. The predicted molar refractivity (Wildman–Crippen MR) is 74.0 cm³/mol. The van der Waals surface area contributed by atoms with Gasteiger partial charge in [-0.25, -0.2) is 0 Å². The average Bonchev–Trinajstić information content (AvgIpc) is 2.99. The Morgan fingerprint density at radius 2 is 1.95 bits per heavy atom. The lowest BCUT2D eigenvalue weighted by Crippen LogP contribution is -2.17. The predicted octanol–water partition coefficient (Wildman–Crippen LogP) is 2.92. The van der Waals surface area contributed by atoms with Gasteiger partial charge in [0.2, 0.25) is 0 Å². The van der Waals surface area contributed by atoms with Crippen molar-refractivity contribution in [1.82, 2.24) is 4.98 Å². The van der Waals surface area contributed by atoms with Gasteiger partial charge >= 0.3 is 0 Å². The van der Waals surface area contributed by atoms with Gasteiger partial charge in [-0.2, -0.15) is 0 Å². The number of carbonyl (C=O) groups is 1. The number of rotatable bonds is 4. The summed E-state index contributed by atoms with van der Waals surface area (Å²) in [6.07, 6.45) is 9.21. The summed E-state index contributed by atoms with van der Waals surface area (Å²) >= 11 is 0. The van der Waals surface area contributed by atoms with Crippen LogP contribution in [0.25, 0.3) is 10.9 Å². The minimum absolute atomic E-state index is 0.0536. The second-order valence-electron chi connectivity index (χ2n) is 4.38. The molecule has 1 aromatic heterocycles. The van der Waals surface area contributed by atoms with Crippen LogP contribution in [0.1, 0.15) is 0 Å². The Hall–Kier alpha value is -2.42. The molecule has 1 heterocycles. The number of hydrogen-bond donors (Lipinski definition) is 0. The van der Waals surface area contributed by atoms with Crippen molar-refractivity contribution < 1.29 is 9.53 Å². The van der Waals surface area contributed by atoms with Gasteiger partial charge in [0.05, 0.1) is 5.92 Å². The molecule has 0 amide bonds. The molecule has 3 nitrogen and oxygen atoms in total. The molecule has 0 N–H and O–H groups in total. The van der Waals surface area contributed by atoms with Crippen LogP contribution in [-0.2, 0) is 4.79 Å². The van der Waals surface area contributed by atoms with Crippen LogP contribution < -0.4 is 4.74 Å². The summed E-state index contributed by atoms with van der Waals surface area (Å²) in [6.45, 7) is 0.0645. The molecule has 1 aliphatic carbocycles. The number of allylic oxidation sites excluding steroid dienone is 4. The Morgan fingerprint density at radius 1 is 1.16 bits per heavy atom. The van der Waals surface area contributed by atoms with Crippen molar-refractivity contribution in [3.8, 4) is 5.75 Å². The van der Waals surface area contributed by atoms with E-state index in [9.17, 15) is 4.79 Å². The molecule has 2 aromatic rings. The van der Waals surface area contributed by atoms with Gasteiger partial charge in [-0.05, 0) is 12.1 Å². The van der Waals surface area contributed by atoms with E-state index in [1.807, 2.05) is 54.6 Å². The first-order valence-corrected chi connectivity index (χ1v) is 6.19. The lowest BCUT2D eigenvalue weighted by molar-refractivity contribution is -0.122. The highest BCUT2D eigenvalue weighted by atomic mass is 16.5. The van der Waals surface area contributed by atoms with Gasteiger partial charge in [-0.15, -0.1) is 0 Å². The summed E-state index contributed by atoms with van der Waals surface area (Å²) in [4.78, 5) is 16.2. The molecule has 0 aliphatic heterocycles. The van der Waals surface area contributed by atoms with Crippen molar-refractivity contribution in [3.05, 3.63) is 60.8 Å². The maximum atomic E-state index is 11.9. The normalized spacial score (nSPS) is 14.1. The van der Waals surface area contributed by atoms with Gasteiger partial charge in [0.25, 0.3) is 0 Å². The molecule has 0 fully saturated rings. The molecule has 0 saturated heterocycles. The molecule has 0 bridgehead atoms. The van der Waals surface area contributed by atoms with E-state index in [1.165, 1.54) is 0 Å². The zero-order valence-corrected chi connectivity index (χ0v) is 10.3. The summed E-state index contributed by atoms with van der Waals surface area (Å²) in [6, 6.07) is 9.56. The third-order valence-corrected chi connectivity index (χ3v) is 3.09. The molecular formula is C16H13NO2. The van der Waals surface area contributed by atoms with Crippen LogP contribution in [0.4, 0.5) is 0 Å². The monoisotopic (exact) mass is 251 g/mol. The van der Waals surface area contributed by atoms with Gasteiger partial charge in [0.1, 0.15) is 17.9 Å². The molecule has 0 radical (unpaired) electrons. The van der Waals surface area contributed by atoms with Gasteiger partial charge < -0.3 is 4.74 Å². The van der Waals surface area contributed by atoms with Crippen LogP contribution in [0.5, 0.6) is 5.75 Å². The van der Waals surface area contributed by atoms with E-state index in [4.69, 9.17) is 4.74 Å². The Morgan fingerprint density at radius 3 is 2.79 bits per heavy atom. The standard InChI is InChI=1S/C16H13NO2/c18-14(12-5-1-2-6-12)11-19-15-9-3-7-13-8-4-10-17-16(13)15/h1-10,12H,11H2. The van der Waals surface area contributed by atoms with Crippen molar-refractivity contribution in [3.63, 3.8) is 0 Å². The van der Waals surface area contributed by atoms with Crippen LogP contribution in [0, 0.1) is 5.92 Å². The number of fused-ring (bicyclic) bond motifs is 1. The van der Waals surface area contributed by atoms with E-state index >= 15 is 0 Å². The summed E-state index contributed by atoms with van der Waals surface area (Å²) in [7, 11) is 0. The Bertz CT molecular complexity index is 656. The Balaban J connectivity index is 1.77. The zero-order valence-electron chi connectivity index (χ0n) is 10.3. The lowest BCUT2D eigenvalue weighted by Gasteiger charge is -2.09. The van der Waals surface area contributed by atoms with Gasteiger partial charge in [-0.1, -0.05) is 42.5 Å². The summed E-state index contributed by atoms with van der Waals surface area (Å²) in [5.41, 5.74) is 0.787. The minimum atomic E-state index is -0.150. The number of aromatic nitrogens is 1. The highest BCUT2D eigenvalue weighted by molar-refractivity contribution is 5.88. The Labute approximate surface area is 111 Å². The molecule has 0 spiro atoms. The molecule has 0 unspecified atom stereocenters. The SMILES string of the molecule is O=C(COc1cccc2cccnc12)C1C=CC=C1. The first kappa shape index (κ1) is 11.7. The maximum absolute atomic E-state index is 11.9. The number of ketones is 1. The van der Waals surface area contributed by atoms with Crippen LogP contribution in [0.2, 0.25) is 0 Å². The van der Waals surface area contributed by atoms with Crippen LogP contribution in [-0.4, -0.2) is 17.4 Å². The molecule has 19 heavy (non-hydrogen) atoms. The minimum Gasteiger partial charge on any atom is -0.484 e. The van der Waals surface area contributed by atoms with Crippen molar-refractivity contribution in [2.45, 2.75) is 0 Å². The first-order valence-electron chi connectivity index (χ1n) is 6.19. The van der Waals surface area contributed by atoms with Crippen molar-refractivity contribution in [2.75, 3.05) is 6.61 Å². The Kier molecular flexibility index (Phi) is 3.11. The molecular weight excluding hydrogens is 238 g/mol. The van der Waals surface area contributed by atoms with E-state index in [-0.39, 0.29) is 18.3 Å². The van der Waals surface area contributed by atoms with E-state index in [2.05, 4.69) is 4.98 Å². The molecule has 94 valence electrons. The first-order chi connectivity index (χ1) is 9.34. The molecule has 0 saturated carbocycles. The quantitative estimate of drug-likeness (QED) is 0.838. The highest BCUT2D eigenvalue weighted by Gasteiger charge is 2.15. The number of ether oxygens (including phenoxy) is 1. The average molecular weight is 251 g/mol. The van der Waals surface area contributed by atoms with Crippen LogP contribution in [0.15, 0.2) is 60.8 Å². The molecule has 3 heteroatoms. The van der Waals surface area contributed by atoms with Crippen LogP contribution >= 0.6 is 0 Å². The van der Waals surface area contributed by atoms with E-state index in [1.54, 1.807) is 6.20 Å². The molecule has 3 rings (SSSR count). The maximum Gasteiger partial charge on any atom is 0.180 e. The number of carbonyl (C=O) groups excluding carboxylic acids is 1.